The number of nitrogens with two attached hydrogens (primary N) is 1. The second kappa shape index (κ2) is 4.35. The third-order valence-electron chi connectivity index (χ3n) is 1.48. The van der Waals surface area contributed by atoms with Crippen molar-refractivity contribution in [2.45, 2.75) is 6.04 Å². The van der Waals surface area contributed by atoms with Crippen LogP contribution in [0.3, 0.4) is 0 Å². The van der Waals surface area contributed by atoms with Gasteiger partial charge in [-0.1, -0.05) is 31.9 Å². The van der Waals surface area contributed by atoms with Gasteiger partial charge in [0.1, 0.15) is 6.67 Å². The van der Waals surface area contributed by atoms with Crippen molar-refractivity contribution in [3.8, 4) is 0 Å². The number of alkyl halides is 1. The number of rotatable bonds is 2. The van der Waals surface area contributed by atoms with Gasteiger partial charge in [0.05, 0.1) is 6.04 Å². The van der Waals surface area contributed by atoms with Crippen LogP contribution in [0.5, 0.6) is 0 Å². The van der Waals surface area contributed by atoms with E-state index in [0.717, 1.165) is 14.5 Å². The Balaban J connectivity index is 3.00. The van der Waals surface area contributed by atoms with Crippen molar-refractivity contribution in [2.24, 2.45) is 5.73 Å². The van der Waals surface area contributed by atoms with Crippen LogP contribution < -0.4 is 5.73 Å². The molecule has 2 N–H and O–H groups in total. The Bertz CT molecular complexity index is 258. The largest absolute Gasteiger partial charge is 0.322 e. The van der Waals surface area contributed by atoms with Crippen LogP contribution in [0.4, 0.5) is 4.39 Å². The zero-order valence-corrected chi connectivity index (χ0v) is 9.40. The van der Waals surface area contributed by atoms with Gasteiger partial charge < -0.3 is 5.73 Å². The quantitative estimate of drug-likeness (QED) is 0.891. The molecule has 1 aromatic rings. The van der Waals surface area contributed by atoms with Gasteiger partial charge in [-0.25, -0.2) is 4.39 Å². The van der Waals surface area contributed by atoms with E-state index in [1.165, 1.54) is 0 Å². The summed E-state index contributed by atoms with van der Waals surface area (Å²) in [5.41, 5.74) is 6.31. The molecule has 0 aliphatic rings. The highest BCUT2D eigenvalue weighted by molar-refractivity contribution is 9.11. The van der Waals surface area contributed by atoms with Crippen LogP contribution in [0.2, 0.25) is 0 Å². The van der Waals surface area contributed by atoms with E-state index < -0.39 is 12.7 Å². The first-order valence-electron chi connectivity index (χ1n) is 3.41. The summed E-state index contributed by atoms with van der Waals surface area (Å²) in [6.07, 6.45) is 0. The Labute approximate surface area is 87.4 Å². The topological polar surface area (TPSA) is 26.0 Å². The Kier molecular flexibility index (Phi) is 3.68. The average molecular weight is 297 g/mol. The molecule has 0 saturated carbocycles. The molecule has 0 bridgehead atoms. The Morgan fingerprint density at radius 2 is 1.75 bits per heavy atom. The van der Waals surface area contributed by atoms with Crippen LogP contribution >= 0.6 is 31.9 Å². The number of hydrogen-bond donors (Lipinski definition) is 1. The van der Waals surface area contributed by atoms with Gasteiger partial charge in [0.15, 0.2) is 0 Å². The van der Waals surface area contributed by atoms with Gasteiger partial charge in [-0.15, -0.1) is 0 Å². The Hall–Kier alpha value is 0.0700. The fourth-order valence-corrected chi connectivity index (χ4v) is 2.21. The number of halogens is 3. The lowest BCUT2D eigenvalue weighted by molar-refractivity contribution is 0.437. The van der Waals surface area contributed by atoms with E-state index in [4.69, 9.17) is 5.73 Å². The lowest BCUT2D eigenvalue weighted by Gasteiger charge is -2.08. The van der Waals surface area contributed by atoms with Gasteiger partial charge in [-0.2, -0.15) is 0 Å². The van der Waals surface area contributed by atoms with E-state index in [2.05, 4.69) is 31.9 Å². The molecular formula is C8H8Br2FN. The monoisotopic (exact) mass is 295 g/mol. The van der Waals surface area contributed by atoms with E-state index in [0.29, 0.717) is 0 Å². The third kappa shape index (κ3) is 2.54. The third-order valence-corrected chi connectivity index (χ3v) is 2.39. The maximum Gasteiger partial charge on any atom is 0.109 e. The molecule has 0 aromatic heterocycles. The Morgan fingerprint density at radius 1 is 1.25 bits per heavy atom. The molecule has 0 saturated heterocycles. The summed E-state index contributed by atoms with van der Waals surface area (Å²) in [6.45, 7) is -0.539. The molecular weight excluding hydrogens is 289 g/mol. The van der Waals surface area contributed by atoms with Crippen molar-refractivity contribution in [3.63, 3.8) is 0 Å². The van der Waals surface area contributed by atoms with Gasteiger partial charge in [-0.3, -0.25) is 0 Å². The fourth-order valence-electron chi connectivity index (χ4n) is 0.878. The molecule has 0 radical (unpaired) electrons. The van der Waals surface area contributed by atoms with E-state index in [1.54, 1.807) is 0 Å². The highest BCUT2D eigenvalue weighted by Gasteiger charge is 2.06. The van der Waals surface area contributed by atoms with Crippen LogP contribution in [-0.4, -0.2) is 6.67 Å². The molecule has 0 fully saturated rings. The molecule has 1 rings (SSSR count). The van der Waals surface area contributed by atoms with Gasteiger partial charge in [0.2, 0.25) is 0 Å². The van der Waals surface area contributed by atoms with Gasteiger partial charge in [0, 0.05) is 8.95 Å². The summed E-state index contributed by atoms with van der Waals surface area (Å²) < 4.78 is 14.0. The predicted molar refractivity (Wildman–Crippen MR) is 54.7 cm³/mol. The molecule has 0 aliphatic heterocycles. The van der Waals surface area contributed by atoms with Gasteiger partial charge in [0.25, 0.3) is 0 Å². The van der Waals surface area contributed by atoms with Crippen molar-refractivity contribution < 1.29 is 4.39 Å². The zero-order chi connectivity index (χ0) is 9.14. The average Bonchev–Trinajstić information content (AvgIpc) is 2.01. The van der Waals surface area contributed by atoms with E-state index in [9.17, 15) is 4.39 Å². The lowest BCUT2D eigenvalue weighted by Crippen LogP contribution is -2.11. The van der Waals surface area contributed by atoms with E-state index >= 15 is 0 Å². The summed E-state index contributed by atoms with van der Waals surface area (Å²) in [7, 11) is 0. The van der Waals surface area contributed by atoms with Crippen LogP contribution in [0.1, 0.15) is 11.6 Å². The van der Waals surface area contributed by atoms with Crippen molar-refractivity contribution in [2.75, 3.05) is 6.67 Å². The van der Waals surface area contributed by atoms with Crippen LogP contribution in [-0.2, 0) is 0 Å². The first kappa shape index (κ1) is 10.2. The lowest BCUT2D eigenvalue weighted by atomic mass is 10.1. The van der Waals surface area contributed by atoms with Crippen molar-refractivity contribution in [1.29, 1.82) is 0 Å². The predicted octanol–water partition coefficient (Wildman–Crippen LogP) is 3.18. The molecule has 0 spiro atoms. The highest BCUT2D eigenvalue weighted by Crippen LogP contribution is 2.23. The first-order valence-corrected chi connectivity index (χ1v) is 4.99. The summed E-state index contributed by atoms with van der Waals surface area (Å²) >= 11 is 6.60. The number of benzene rings is 1. The summed E-state index contributed by atoms with van der Waals surface area (Å²) in [5.74, 6) is 0. The minimum Gasteiger partial charge on any atom is -0.322 e. The molecule has 0 unspecified atom stereocenters. The first-order chi connectivity index (χ1) is 5.63. The van der Waals surface area contributed by atoms with Crippen molar-refractivity contribution >= 4 is 31.9 Å². The zero-order valence-electron chi connectivity index (χ0n) is 6.23. The summed E-state index contributed by atoms with van der Waals surface area (Å²) in [5, 5.41) is 0. The molecule has 4 heteroatoms. The Morgan fingerprint density at radius 3 is 2.17 bits per heavy atom. The molecule has 66 valence electrons. The maximum atomic E-state index is 12.2. The minimum absolute atomic E-state index is 0.529. The normalized spacial score (nSPS) is 13.0. The van der Waals surface area contributed by atoms with Crippen LogP contribution in [0.25, 0.3) is 0 Å². The molecule has 1 aromatic carbocycles. The molecule has 0 heterocycles. The summed E-state index contributed by atoms with van der Waals surface area (Å²) in [6, 6.07) is 4.98. The van der Waals surface area contributed by atoms with Crippen LogP contribution in [0, 0.1) is 0 Å². The standard InChI is InChI=1S/C8H8Br2FN/c9-6-1-5(8(12)4-11)2-7(10)3-6/h1-3,8H,4,12H2/t8-/m1/s1. The smallest absolute Gasteiger partial charge is 0.109 e. The van der Waals surface area contributed by atoms with E-state index in [-0.39, 0.29) is 0 Å². The minimum atomic E-state index is -0.539. The SMILES string of the molecule is N[C@H](CF)c1cc(Br)cc(Br)c1. The molecule has 0 aliphatic carbocycles. The maximum absolute atomic E-state index is 12.2. The molecule has 0 amide bonds. The fraction of sp³-hybridized carbons (Fsp3) is 0.250. The summed E-state index contributed by atoms with van der Waals surface area (Å²) in [4.78, 5) is 0. The highest BCUT2D eigenvalue weighted by atomic mass is 79.9. The van der Waals surface area contributed by atoms with Crippen molar-refractivity contribution in [1.82, 2.24) is 0 Å². The van der Waals surface area contributed by atoms with Gasteiger partial charge in [-0.05, 0) is 23.8 Å². The second-order valence-electron chi connectivity index (χ2n) is 2.46. The molecule has 12 heavy (non-hydrogen) atoms. The second-order valence-corrected chi connectivity index (χ2v) is 4.29. The number of hydrogen-bond acceptors (Lipinski definition) is 1. The van der Waals surface area contributed by atoms with E-state index in [1.807, 2.05) is 18.2 Å². The molecule has 1 nitrogen and oxygen atoms in total. The molecule has 1 atom stereocenters. The van der Waals surface area contributed by atoms with Gasteiger partial charge >= 0.3 is 0 Å². The van der Waals surface area contributed by atoms with Crippen molar-refractivity contribution in [3.05, 3.63) is 32.7 Å². The van der Waals surface area contributed by atoms with Crippen LogP contribution in [0.15, 0.2) is 27.1 Å².